The third-order valence-electron chi connectivity index (χ3n) is 6.12. The van der Waals surface area contributed by atoms with E-state index in [-0.39, 0.29) is 11.9 Å². The minimum absolute atomic E-state index is 0.0958. The Bertz CT molecular complexity index is 1270. The Morgan fingerprint density at radius 1 is 1.19 bits per heavy atom. The number of nitrogens with one attached hydrogen (secondary N) is 1. The summed E-state index contributed by atoms with van der Waals surface area (Å²) in [6.45, 7) is 5.56. The van der Waals surface area contributed by atoms with Crippen LogP contribution in [-0.4, -0.2) is 44.0 Å². The van der Waals surface area contributed by atoms with Crippen LogP contribution in [0.3, 0.4) is 0 Å². The lowest BCUT2D eigenvalue weighted by atomic mass is 10.0. The molecule has 0 spiro atoms. The molecule has 1 fully saturated rings. The van der Waals surface area contributed by atoms with Gasteiger partial charge in [0.05, 0.1) is 18.4 Å². The number of Topliss-reactive ketones (excluding diaryl/α,β-unsaturated/α-hetero) is 1. The molecule has 1 atom stereocenters. The lowest BCUT2D eigenvalue weighted by Gasteiger charge is -2.14. The summed E-state index contributed by atoms with van der Waals surface area (Å²) in [5.41, 5.74) is 5.13. The quantitative estimate of drug-likeness (QED) is 0.312. The number of nitrogens with zero attached hydrogens (tertiary/aromatic N) is 3. The Morgan fingerprint density at radius 3 is 2.88 bits per heavy atom. The molecule has 0 amide bonds. The van der Waals surface area contributed by atoms with Crippen LogP contribution in [-0.2, 0) is 11.3 Å². The SMILES string of the molecule is Cc1ccc(C(=O)CSc2nnc(-c3c[nH]c4ccccc34)n2CC2CCCO2)cc1C. The molecule has 1 N–H and O–H groups in total. The Labute approximate surface area is 191 Å². The summed E-state index contributed by atoms with van der Waals surface area (Å²) in [7, 11) is 0. The van der Waals surface area contributed by atoms with E-state index in [0.29, 0.717) is 12.3 Å². The van der Waals surface area contributed by atoms with Gasteiger partial charge in [0.2, 0.25) is 0 Å². The first kappa shape index (κ1) is 21.0. The second kappa shape index (κ2) is 8.92. The van der Waals surface area contributed by atoms with Crippen LogP contribution in [0.5, 0.6) is 0 Å². The molecular weight excluding hydrogens is 420 g/mol. The van der Waals surface area contributed by atoms with Gasteiger partial charge in [0, 0.05) is 34.8 Å². The van der Waals surface area contributed by atoms with E-state index in [9.17, 15) is 4.79 Å². The number of rotatable bonds is 7. The average Bonchev–Trinajstić information content (AvgIpc) is 3.54. The van der Waals surface area contributed by atoms with Crippen LogP contribution < -0.4 is 0 Å². The first-order chi connectivity index (χ1) is 15.6. The fourth-order valence-corrected chi connectivity index (χ4v) is 4.98. The van der Waals surface area contributed by atoms with Crippen molar-refractivity contribution >= 4 is 28.4 Å². The van der Waals surface area contributed by atoms with Crippen molar-refractivity contribution in [1.29, 1.82) is 0 Å². The van der Waals surface area contributed by atoms with Gasteiger partial charge >= 0.3 is 0 Å². The number of aryl methyl sites for hydroxylation is 2. The molecule has 4 aromatic rings. The minimum atomic E-state index is 0.0958. The lowest BCUT2D eigenvalue weighted by molar-refractivity contribution is 0.0953. The number of aromatic nitrogens is 4. The van der Waals surface area contributed by atoms with Crippen molar-refractivity contribution in [3.05, 3.63) is 65.4 Å². The van der Waals surface area contributed by atoms with E-state index in [1.54, 1.807) is 0 Å². The van der Waals surface area contributed by atoms with Crippen molar-refractivity contribution in [3.63, 3.8) is 0 Å². The summed E-state index contributed by atoms with van der Waals surface area (Å²) in [5.74, 6) is 1.22. The Morgan fingerprint density at radius 2 is 2.06 bits per heavy atom. The summed E-state index contributed by atoms with van der Waals surface area (Å²) >= 11 is 1.44. The number of carbonyl (C=O) groups excluding carboxylic acids is 1. The molecule has 2 aromatic heterocycles. The molecule has 1 aliphatic rings. The number of ether oxygens (including phenoxy) is 1. The van der Waals surface area contributed by atoms with Crippen molar-refractivity contribution in [3.8, 4) is 11.4 Å². The highest BCUT2D eigenvalue weighted by molar-refractivity contribution is 7.99. The van der Waals surface area contributed by atoms with Gasteiger partial charge in [0.1, 0.15) is 0 Å². The number of para-hydroxylation sites is 1. The van der Waals surface area contributed by atoms with Crippen LogP contribution in [0.1, 0.15) is 34.3 Å². The van der Waals surface area contributed by atoms with Crippen molar-refractivity contribution < 1.29 is 9.53 Å². The molecule has 0 radical (unpaired) electrons. The van der Waals surface area contributed by atoms with Crippen LogP contribution in [0.15, 0.2) is 53.8 Å². The number of H-pyrrole nitrogens is 1. The molecule has 0 aliphatic carbocycles. The summed E-state index contributed by atoms with van der Waals surface area (Å²) in [4.78, 5) is 16.2. The maximum absolute atomic E-state index is 12.8. The van der Waals surface area contributed by atoms with Crippen LogP contribution >= 0.6 is 11.8 Å². The summed E-state index contributed by atoms with van der Waals surface area (Å²) in [6.07, 6.45) is 4.22. The molecule has 7 heteroatoms. The second-order valence-electron chi connectivity index (χ2n) is 8.31. The van der Waals surface area contributed by atoms with Gasteiger partial charge in [-0.2, -0.15) is 0 Å². The number of ketones is 1. The highest BCUT2D eigenvalue weighted by Crippen LogP contribution is 2.31. The average molecular weight is 447 g/mol. The van der Waals surface area contributed by atoms with E-state index >= 15 is 0 Å². The van der Waals surface area contributed by atoms with Gasteiger partial charge in [-0.15, -0.1) is 10.2 Å². The van der Waals surface area contributed by atoms with Crippen molar-refractivity contribution in [1.82, 2.24) is 19.7 Å². The third kappa shape index (κ3) is 4.10. The fourth-order valence-electron chi connectivity index (χ4n) is 4.14. The van der Waals surface area contributed by atoms with Crippen LogP contribution in [0.25, 0.3) is 22.3 Å². The van der Waals surface area contributed by atoms with E-state index in [4.69, 9.17) is 4.74 Å². The Hall–Kier alpha value is -2.90. The highest BCUT2D eigenvalue weighted by Gasteiger charge is 2.23. The zero-order chi connectivity index (χ0) is 22.1. The molecule has 0 bridgehead atoms. The molecule has 1 saturated heterocycles. The monoisotopic (exact) mass is 446 g/mol. The normalized spacial score (nSPS) is 16.1. The Balaban J connectivity index is 1.44. The van der Waals surface area contributed by atoms with Crippen molar-refractivity contribution in [2.75, 3.05) is 12.4 Å². The topological polar surface area (TPSA) is 72.8 Å². The molecule has 3 heterocycles. The number of hydrogen-bond donors (Lipinski definition) is 1. The number of thioether (sulfide) groups is 1. The van der Waals surface area contributed by atoms with Gasteiger partial charge in [-0.3, -0.25) is 9.36 Å². The molecule has 0 saturated carbocycles. The largest absolute Gasteiger partial charge is 0.376 e. The zero-order valence-electron chi connectivity index (χ0n) is 18.3. The summed E-state index contributed by atoms with van der Waals surface area (Å²) < 4.78 is 8.01. The van der Waals surface area contributed by atoms with Crippen LogP contribution in [0.2, 0.25) is 0 Å². The maximum Gasteiger partial charge on any atom is 0.192 e. The second-order valence-corrected chi connectivity index (χ2v) is 9.25. The number of benzene rings is 2. The number of hydrogen-bond acceptors (Lipinski definition) is 5. The predicted molar refractivity (Wildman–Crippen MR) is 127 cm³/mol. The minimum Gasteiger partial charge on any atom is -0.376 e. The molecule has 1 unspecified atom stereocenters. The molecule has 6 nitrogen and oxygen atoms in total. The third-order valence-corrected chi connectivity index (χ3v) is 7.09. The lowest BCUT2D eigenvalue weighted by Crippen LogP contribution is -2.17. The number of aromatic amines is 1. The van der Waals surface area contributed by atoms with Gasteiger partial charge in [0.15, 0.2) is 16.8 Å². The van der Waals surface area contributed by atoms with Gasteiger partial charge in [0.25, 0.3) is 0 Å². The standard InChI is InChI=1S/C25H26N4O2S/c1-16-9-10-18(12-17(16)2)23(30)15-32-25-28-27-24(29(25)14-19-6-5-11-31-19)21-13-26-22-8-4-3-7-20(21)22/h3-4,7-10,12-13,19,26H,5-6,11,14-15H2,1-2H3. The van der Waals surface area contributed by atoms with E-state index in [1.165, 1.54) is 17.3 Å². The predicted octanol–water partition coefficient (Wildman–Crippen LogP) is 5.20. The van der Waals surface area contributed by atoms with E-state index in [2.05, 4.69) is 38.8 Å². The maximum atomic E-state index is 12.8. The molecule has 5 rings (SSSR count). The van der Waals surface area contributed by atoms with Crippen molar-refractivity contribution in [2.45, 2.75) is 44.5 Å². The number of fused-ring (bicyclic) bond motifs is 1. The van der Waals surface area contributed by atoms with Crippen LogP contribution in [0, 0.1) is 13.8 Å². The van der Waals surface area contributed by atoms with Gasteiger partial charge in [-0.25, -0.2) is 0 Å². The molecular formula is C25H26N4O2S. The van der Waals surface area contributed by atoms with E-state index in [0.717, 1.165) is 58.0 Å². The highest BCUT2D eigenvalue weighted by atomic mass is 32.2. The van der Waals surface area contributed by atoms with Gasteiger partial charge < -0.3 is 9.72 Å². The molecule has 164 valence electrons. The fraction of sp³-hybridized carbons (Fsp3) is 0.320. The van der Waals surface area contributed by atoms with Crippen molar-refractivity contribution in [2.24, 2.45) is 0 Å². The first-order valence-corrected chi connectivity index (χ1v) is 11.9. The van der Waals surface area contributed by atoms with Gasteiger partial charge in [-0.1, -0.05) is 42.1 Å². The van der Waals surface area contributed by atoms with Gasteiger partial charge in [-0.05, 0) is 49.9 Å². The molecule has 2 aromatic carbocycles. The number of carbonyl (C=O) groups is 1. The summed E-state index contributed by atoms with van der Waals surface area (Å²) in [5, 5.41) is 10.9. The zero-order valence-corrected chi connectivity index (χ0v) is 19.1. The smallest absolute Gasteiger partial charge is 0.192 e. The van der Waals surface area contributed by atoms with Crippen LogP contribution in [0.4, 0.5) is 0 Å². The van der Waals surface area contributed by atoms with E-state index < -0.39 is 0 Å². The first-order valence-electron chi connectivity index (χ1n) is 10.9. The van der Waals surface area contributed by atoms with E-state index in [1.807, 2.05) is 43.5 Å². The molecule has 32 heavy (non-hydrogen) atoms. The summed E-state index contributed by atoms with van der Waals surface area (Å²) in [6, 6.07) is 14.0. The Kier molecular flexibility index (Phi) is 5.85. The molecule has 1 aliphatic heterocycles.